The average molecular weight is 223 g/mol. The lowest BCUT2D eigenvalue weighted by atomic mass is 10.1. The second kappa shape index (κ2) is 4.54. The zero-order valence-corrected chi connectivity index (χ0v) is 9.19. The van der Waals surface area contributed by atoms with E-state index in [1.54, 1.807) is 6.20 Å². The van der Waals surface area contributed by atoms with Gasteiger partial charge >= 0.3 is 0 Å². The molecule has 1 aromatic heterocycles. The molecule has 2 heterocycles. The molecule has 1 N–H and O–H groups in total. The fourth-order valence-electron chi connectivity index (χ4n) is 1.57. The second-order valence-electron chi connectivity index (χ2n) is 3.45. The first-order valence-corrected chi connectivity index (χ1v) is 4.96. The van der Waals surface area contributed by atoms with Gasteiger partial charge in [0.15, 0.2) is 5.82 Å². The van der Waals surface area contributed by atoms with Gasteiger partial charge in [0.25, 0.3) is 0 Å². The van der Waals surface area contributed by atoms with Gasteiger partial charge in [0.05, 0.1) is 0 Å². The second-order valence-corrected chi connectivity index (χ2v) is 3.45. The maximum Gasteiger partial charge on any atom is 0.225 e. The smallest absolute Gasteiger partial charge is 0.225 e. The number of hydrogen-bond donors (Lipinski definition) is 1. The van der Waals surface area contributed by atoms with E-state index in [9.17, 15) is 4.79 Å². The molecule has 0 radical (unpaired) electrons. The minimum atomic E-state index is -0.607. The number of rotatable bonds is 3. The van der Waals surface area contributed by atoms with Crippen LogP contribution in [0, 0.1) is 0 Å². The highest BCUT2D eigenvalue weighted by Crippen LogP contribution is 2.22. The van der Waals surface area contributed by atoms with E-state index >= 15 is 0 Å². The first-order chi connectivity index (χ1) is 7.74. The van der Waals surface area contributed by atoms with Gasteiger partial charge in [-0.1, -0.05) is 0 Å². The highest BCUT2D eigenvalue weighted by atomic mass is 16.7. The van der Waals surface area contributed by atoms with Crippen molar-refractivity contribution in [2.24, 2.45) is 0 Å². The quantitative estimate of drug-likeness (QED) is 0.762. The molecule has 1 amide bonds. The average Bonchev–Trinajstić information content (AvgIpc) is 2.30. The Hall–Kier alpha value is -1.53. The van der Waals surface area contributed by atoms with E-state index in [0.29, 0.717) is 24.5 Å². The van der Waals surface area contributed by atoms with E-state index in [1.165, 1.54) is 14.2 Å². The zero-order chi connectivity index (χ0) is 11.5. The molecule has 0 saturated heterocycles. The minimum absolute atomic E-state index is 0.0245. The zero-order valence-electron chi connectivity index (χ0n) is 9.19. The summed E-state index contributed by atoms with van der Waals surface area (Å²) < 4.78 is 10.1. The summed E-state index contributed by atoms with van der Waals surface area (Å²) in [5.41, 5.74) is 0.939. The summed E-state index contributed by atoms with van der Waals surface area (Å²) in [6.45, 7) is 0. The Kier molecular flexibility index (Phi) is 3.12. The molecule has 0 spiro atoms. The number of amides is 1. The van der Waals surface area contributed by atoms with Gasteiger partial charge in [-0.05, 0) is 6.42 Å². The van der Waals surface area contributed by atoms with Gasteiger partial charge in [0.2, 0.25) is 12.2 Å². The van der Waals surface area contributed by atoms with Crippen LogP contribution in [0.15, 0.2) is 6.20 Å². The van der Waals surface area contributed by atoms with Crippen LogP contribution in [-0.4, -0.2) is 30.1 Å². The van der Waals surface area contributed by atoms with Crippen LogP contribution in [0.1, 0.15) is 24.1 Å². The lowest BCUT2D eigenvalue weighted by molar-refractivity contribution is -0.116. The number of anilines is 1. The number of methoxy groups -OCH3 is 2. The summed E-state index contributed by atoms with van der Waals surface area (Å²) in [5, 5.41) is 2.70. The molecule has 1 aliphatic rings. The highest BCUT2D eigenvalue weighted by Gasteiger charge is 2.20. The SMILES string of the molecule is COC(OC)c1ncc2c(n1)NC(=O)CC2. The van der Waals surface area contributed by atoms with E-state index in [-0.39, 0.29) is 5.91 Å². The third-order valence-electron chi connectivity index (χ3n) is 2.40. The summed E-state index contributed by atoms with van der Waals surface area (Å²) in [7, 11) is 3.02. The van der Waals surface area contributed by atoms with Gasteiger partial charge < -0.3 is 14.8 Å². The third kappa shape index (κ3) is 2.02. The fourth-order valence-corrected chi connectivity index (χ4v) is 1.57. The summed E-state index contributed by atoms with van der Waals surface area (Å²) in [6.07, 6.45) is 2.24. The Morgan fingerprint density at radius 3 is 2.81 bits per heavy atom. The molecule has 6 heteroatoms. The van der Waals surface area contributed by atoms with E-state index in [0.717, 1.165) is 5.56 Å². The van der Waals surface area contributed by atoms with Crippen LogP contribution in [0.4, 0.5) is 5.82 Å². The van der Waals surface area contributed by atoms with Crippen LogP contribution in [0.2, 0.25) is 0 Å². The number of fused-ring (bicyclic) bond motifs is 1. The van der Waals surface area contributed by atoms with Crippen LogP contribution >= 0.6 is 0 Å². The number of nitrogens with one attached hydrogen (secondary N) is 1. The third-order valence-corrected chi connectivity index (χ3v) is 2.40. The molecule has 0 aliphatic carbocycles. The minimum Gasteiger partial charge on any atom is -0.349 e. The molecule has 0 saturated carbocycles. The Labute approximate surface area is 93.0 Å². The molecule has 0 aromatic carbocycles. The molecule has 0 atom stereocenters. The first kappa shape index (κ1) is 11.0. The van der Waals surface area contributed by atoms with Crippen molar-refractivity contribution in [3.05, 3.63) is 17.6 Å². The Morgan fingerprint density at radius 1 is 1.38 bits per heavy atom. The first-order valence-electron chi connectivity index (χ1n) is 4.96. The summed E-state index contributed by atoms with van der Waals surface area (Å²) >= 11 is 0. The van der Waals surface area contributed by atoms with Crippen molar-refractivity contribution in [1.29, 1.82) is 0 Å². The van der Waals surface area contributed by atoms with Gasteiger partial charge in [0, 0.05) is 32.4 Å². The molecule has 6 nitrogen and oxygen atoms in total. The van der Waals surface area contributed by atoms with Gasteiger partial charge in [-0.3, -0.25) is 4.79 Å². The predicted octanol–water partition coefficient (Wildman–Crippen LogP) is 0.653. The van der Waals surface area contributed by atoms with Gasteiger partial charge in [-0.15, -0.1) is 0 Å². The van der Waals surface area contributed by atoms with Crippen LogP contribution in [-0.2, 0) is 20.7 Å². The van der Waals surface area contributed by atoms with E-state index in [4.69, 9.17) is 9.47 Å². The van der Waals surface area contributed by atoms with Gasteiger partial charge in [0.1, 0.15) is 5.82 Å². The number of aromatic nitrogens is 2. The Balaban J connectivity index is 2.30. The van der Waals surface area contributed by atoms with Crippen LogP contribution in [0.25, 0.3) is 0 Å². The standard InChI is InChI=1S/C10H13N3O3/c1-15-10(16-2)9-11-5-6-3-4-7(14)12-8(6)13-9/h5,10H,3-4H2,1-2H3,(H,11,12,13,14). The molecule has 0 bridgehead atoms. The van der Waals surface area contributed by atoms with Gasteiger partial charge in [-0.2, -0.15) is 0 Å². The molecular weight excluding hydrogens is 210 g/mol. The van der Waals surface area contributed by atoms with Crippen molar-refractivity contribution in [3.8, 4) is 0 Å². The van der Waals surface area contributed by atoms with Crippen molar-refractivity contribution >= 4 is 11.7 Å². The summed E-state index contributed by atoms with van der Waals surface area (Å²) in [5.74, 6) is 0.940. The van der Waals surface area contributed by atoms with Crippen molar-refractivity contribution in [1.82, 2.24) is 9.97 Å². The molecule has 1 aliphatic heterocycles. The lowest BCUT2D eigenvalue weighted by Crippen LogP contribution is -2.22. The summed E-state index contributed by atoms with van der Waals surface area (Å²) in [6, 6.07) is 0. The Bertz CT molecular complexity index is 404. The van der Waals surface area contributed by atoms with E-state index < -0.39 is 6.29 Å². The highest BCUT2D eigenvalue weighted by molar-refractivity contribution is 5.92. The predicted molar refractivity (Wildman–Crippen MR) is 55.7 cm³/mol. The molecule has 16 heavy (non-hydrogen) atoms. The normalized spacial score (nSPS) is 14.8. The maximum atomic E-state index is 11.2. The van der Waals surface area contributed by atoms with Crippen molar-refractivity contribution < 1.29 is 14.3 Å². The molecule has 1 aromatic rings. The lowest BCUT2D eigenvalue weighted by Gasteiger charge is -2.18. The van der Waals surface area contributed by atoms with E-state index in [1.807, 2.05) is 0 Å². The molecule has 0 fully saturated rings. The van der Waals surface area contributed by atoms with Crippen LogP contribution in [0.5, 0.6) is 0 Å². The number of carbonyl (C=O) groups excluding carboxylic acids is 1. The Morgan fingerprint density at radius 2 is 2.12 bits per heavy atom. The number of carbonyl (C=O) groups is 1. The van der Waals surface area contributed by atoms with Crippen molar-refractivity contribution in [2.45, 2.75) is 19.1 Å². The van der Waals surface area contributed by atoms with Gasteiger partial charge in [-0.25, -0.2) is 9.97 Å². The molecule has 86 valence electrons. The number of ether oxygens (including phenoxy) is 2. The van der Waals surface area contributed by atoms with E-state index in [2.05, 4.69) is 15.3 Å². The fraction of sp³-hybridized carbons (Fsp3) is 0.500. The summed E-state index contributed by atoms with van der Waals surface area (Å²) in [4.78, 5) is 19.6. The van der Waals surface area contributed by atoms with Crippen LogP contribution < -0.4 is 5.32 Å². The number of hydrogen-bond acceptors (Lipinski definition) is 5. The monoisotopic (exact) mass is 223 g/mol. The molecule has 2 rings (SSSR count). The number of aryl methyl sites for hydroxylation is 1. The topological polar surface area (TPSA) is 73.3 Å². The van der Waals surface area contributed by atoms with Crippen molar-refractivity contribution in [2.75, 3.05) is 19.5 Å². The molecular formula is C10H13N3O3. The molecule has 0 unspecified atom stereocenters. The maximum absolute atomic E-state index is 11.2. The van der Waals surface area contributed by atoms with Crippen molar-refractivity contribution in [3.63, 3.8) is 0 Å². The van der Waals surface area contributed by atoms with Crippen LogP contribution in [0.3, 0.4) is 0 Å². The number of nitrogens with zero attached hydrogens (tertiary/aromatic N) is 2. The largest absolute Gasteiger partial charge is 0.349 e.